The number of amides is 1. The molecule has 0 spiro atoms. The molecule has 0 unspecified atom stereocenters. The number of carbonyl (C=O) groups excluding carboxylic acids is 1. The molecule has 1 heterocycles. The van der Waals surface area contributed by atoms with Crippen molar-refractivity contribution in [1.82, 2.24) is 10.2 Å². The Morgan fingerprint density at radius 3 is 2.81 bits per heavy atom. The molecule has 92 valence electrons. The van der Waals surface area contributed by atoms with Crippen LogP contribution in [0.5, 0.6) is 0 Å². The van der Waals surface area contributed by atoms with Gasteiger partial charge in [0.2, 0.25) is 5.91 Å². The molecule has 0 aliphatic carbocycles. The minimum Gasteiger partial charge on any atom is -0.480 e. The van der Waals surface area contributed by atoms with Gasteiger partial charge < -0.3 is 15.3 Å². The Morgan fingerprint density at radius 1 is 1.44 bits per heavy atom. The zero-order chi connectivity index (χ0) is 12.0. The van der Waals surface area contributed by atoms with Crippen molar-refractivity contribution in [3.63, 3.8) is 0 Å². The number of carboxylic acid groups (broad SMARTS) is 1. The third kappa shape index (κ3) is 3.48. The molecule has 1 amide bonds. The molecule has 1 atom stereocenters. The minimum absolute atomic E-state index is 0.0481. The number of nitrogens with one attached hydrogen (secondary N) is 1. The SMILES string of the molecule is CCNCCC(=O)N1CCCC[C@H]1C(=O)O. The maximum atomic E-state index is 11.8. The first-order chi connectivity index (χ1) is 7.66. The van der Waals surface area contributed by atoms with Gasteiger partial charge in [0.05, 0.1) is 0 Å². The van der Waals surface area contributed by atoms with Crippen molar-refractivity contribution in [2.24, 2.45) is 0 Å². The predicted octanol–water partition coefficient (Wildman–Crippen LogP) is 0.452. The summed E-state index contributed by atoms with van der Waals surface area (Å²) in [6, 6.07) is -0.608. The van der Waals surface area contributed by atoms with E-state index in [2.05, 4.69) is 5.32 Å². The van der Waals surface area contributed by atoms with Gasteiger partial charge in [-0.25, -0.2) is 4.79 Å². The molecule has 1 aliphatic heterocycles. The van der Waals surface area contributed by atoms with Crippen molar-refractivity contribution in [3.05, 3.63) is 0 Å². The van der Waals surface area contributed by atoms with Gasteiger partial charge in [-0.05, 0) is 25.8 Å². The van der Waals surface area contributed by atoms with Crippen molar-refractivity contribution in [2.45, 2.75) is 38.6 Å². The van der Waals surface area contributed by atoms with Crippen LogP contribution in [0.15, 0.2) is 0 Å². The molecule has 5 nitrogen and oxygen atoms in total. The number of likely N-dealkylation sites (tertiary alicyclic amines) is 1. The maximum Gasteiger partial charge on any atom is 0.326 e. The molecular weight excluding hydrogens is 208 g/mol. The van der Waals surface area contributed by atoms with E-state index in [4.69, 9.17) is 5.11 Å². The van der Waals surface area contributed by atoms with E-state index in [1.807, 2.05) is 6.92 Å². The fraction of sp³-hybridized carbons (Fsp3) is 0.818. The van der Waals surface area contributed by atoms with Gasteiger partial charge in [0.15, 0.2) is 0 Å². The average Bonchev–Trinajstić information content (AvgIpc) is 2.29. The van der Waals surface area contributed by atoms with E-state index in [0.29, 0.717) is 25.9 Å². The largest absolute Gasteiger partial charge is 0.480 e. The van der Waals surface area contributed by atoms with E-state index in [9.17, 15) is 9.59 Å². The van der Waals surface area contributed by atoms with Crippen molar-refractivity contribution in [2.75, 3.05) is 19.6 Å². The molecule has 0 aromatic carbocycles. The number of aliphatic carboxylic acids is 1. The van der Waals surface area contributed by atoms with Gasteiger partial charge in [-0.3, -0.25) is 4.79 Å². The third-order valence-corrected chi connectivity index (χ3v) is 2.87. The number of carbonyl (C=O) groups is 2. The van der Waals surface area contributed by atoms with Crippen LogP contribution in [0.25, 0.3) is 0 Å². The molecule has 1 rings (SSSR count). The summed E-state index contributed by atoms with van der Waals surface area (Å²) in [5.41, 5.74) is 0. The molecule has 1 saturated heterocycles. The first-order valence-electron chi connectivity index (χ1n) is 5.89. The molecule has 0 aromatic heterocycles. The summed E-state index contributed by atoms with van der Waals surface area (Å²) in [7, 11) is 0. The highest BCUT2D eigenvalue weighted by molar-refractivity contribution is 5.83. The Kier molecular flexibility index (Phi) is 5.25. The van der Waals surface area contributed by atoms with Crippen LogP contribution in [0.2, 0.25) is 0 Å². The minimum atomic E-state index is -0.878. The van der Waals surface area contributed by atoms with E-state index >= 15 is 0 Å². The van der Waals surface area contributed by atoms with Crippen molar-refractivity contribution in [3.8, 4) is 0 Å². The first kappa shape index (κ1) is 13.0. The second-order valence-electron chi connectivity index (χ2n) is 4.04. The highest BCUT2D eigenvalue weighted by atomic mass is 16.4. The fourth-order valence-electron chi connectivity index (χ4n) is 2.00. The number of rotatable bonds is 5. The van der Waals surface area contributed by atoms with Gasteiger partial charge in [-0.1, -0.05) is 6.92 Å². The van der Waals surface area contributed by atoms with Crippen LogP contribution >= 0.6 is 0 Å². The summed E-state index contributed by atoms with van der Waals surface area (Å²) in [5.74, 6) is -0.926. The van der Waals surface area contributed by atoms with E-state index in [1.165, 1.54) is 4.90 Å². The van der Waals surface area contributed by atoms with Crippen molar-refractivity contribution in [1.29, 1.82) is 0 Å². The standard InChI is InChI=1S/C11H20N2O3/c1-2-12-7-6-10(14)13-8-4-3-5-9(13)11(15)16/h9,12H,2-8H2,1H3,(H,15,16)/t9-/m0/s1. The van der Waals surface area contributed by atoms with Crippen LogP contribution < -0.4 is 5.32 Å². The van der Waals surface area contributed by atoms with E-state index in [-0.39, 0.29) is 5.91 Å². The first-order valence-corrected chi connectivity index (χ1v) is 5.89. The van der Waals surface area contributed by atoms with E-state index in [0.717, 1.165) is 19.4 Å². The molecule has 2 N–H and O–H groups in total. The normalized spacial score (nSPS) is 20.8. The van der Waals surface area contributed by atoms with Crippen LogP contribution in [0.1, 0.15) is 32.6 Å². The van der Waals surface area contributed by atoms with Gasteiger partial charge in [-0.15, -0.1) is 0 Å². The van der Waals surface area contributed by atoms with E-state index < -0.39 is 12.0 Å². The smallest absolute Gasteiger partial charge is 0.326 e. The summed E-state index contributed by atoms with van der Waals surface area (Å²) in [6.07, 6.45) is 2.78. The van der Waals surface area contributed by atoms with Crippen LogP contribution in [0, 0.1) is 0 Å². The van der Waals surface area contributed by atoms with Gasteiger partial charge in [0.25, 0.3) is 0 Å². The van der Waals surface area contributed by atoms with Crippen molar-refractivity contribution < 1.29 is 14.7 Å². The highest BCUT2D eigenvalue weighted by Crippen LogP contribution is 2.17. The molecule has 0 bridgehead atoms. The van der Waals surface area contributed by atoms with Crippen molar-refractivity contribution >= 4 is 11.9 Å². The van der Waals surface area contributed by atoms with Gasteiger partial charge >= 0.3 is 5.97 Å². The number of nitrogens with zero attached hydrogens (tertiary/aromatic N) is 1. The molecule has 16 heavy (non-hydrogen) atoms. The summed E-state index contributed by atoms with van der Waals surface area (Å²) < 4.78 is 0. The Labute approximate surface area is 95.8 Å². The van der Waals surface area contributed by atoms with Gasteiger partial charge in [0.1, 0.15) is 6.04 Å². The summed E-state index contributed by atoms with van der Waals surface area (Å²) in [6.45, 7) is 4.02. The molecule has 5 heteroatoms. The molecule has 1 aliphatic rings. The molecule has 0 saturated carbocycles. The van der Waals surface area contributed by atoms with Gasteiger partial charge in [-0.2, -0.15) is 0 Å². The molecule has 1 fully saturated rings. The number of hydrogen-bond acceptors (Lipinski definition) is 3. The van der Waals surface area contributed by atoms with E-state index in [1.54, 1.807) is 0 Å². The third-order valence-electron chi connectivity index (χ3n) is 2.87. The Hall–Kier alpha value is -1.10. The van der Waals surface area contributed by atoms with Crippen LogP contribution in [-0.2, 0) is 9.59 Å². The second kappa shape index (κ2) is 6.48. The fourth-order valence-corrected chi connectivity index (χ4v) is 2.00. The van der Waals surface area contributed by atoms with Crippen LogP contribution in [0.3, 0.4) is 0 Å². The number of hydrogen-bond donors (Lipinski definition) is 2. The summed E-state index contributed by atoms with van der Waals surface area (Å²) in [4.78, 5) is 24.3. The Balaban J connectivity index is 2.47. The molecule has 0 aromatic rings. The average molecular weight is 228 g/mol. The number of carboxylic acids is 1. The lowest BCUT2D eigenvalue weighted by Gasteiger charge is -2.33. The van der Waals surface area contributed by atoms with Crippen LogP contribution in [0.4, 0.5) is 0 Å². The Bertz CT molecular complexity index is 256. The second-order valence-corrected chi connectivity index (χ2v) is 4.04. The van der Waals surface area contributed by atoms with Crippen LogP contribution in [-0.4, -0.2) is 47.6 Å². The summed E-state index contributed by atoms with van der Waals surface area (Å²) >= 11 is 0. The summed E-state index contributed by atoms with van der Waals surface area (Å²) in [5, 5.41) is 12.1. The lowest BCUT2D eigenvalue weighted by Crippen LogP contribution is -2.48. The highest BCUT2D eigenvalue weighted by Gasteiger charge is 2.31. The van der Waals surface area contributed by atoms with Gasteiger partial charge in [0, 0.05) is 19.5 Å². The zero-order valence-electron chi connectivity index (χ0n) is 9.74. The lowest BCUT2D eigenvalue weighted by atomic mass is 10.0. The molecule has 0 radical (unpaired) electrons. The quantitative estimate of drug-likeness (QED) is 0.670. The zero-order valence-corrected chi connectivity index (χ0v) is 9.74. The lowest BCUT2D eigenvalue weighted by molar-refractivity contribution is -0.152. The Morgan fingerprint density at radius 2 is 2.19 bits per heavy atom. The predicted molar refractivity (Wildman–Crippen MR) is 60.1 cm³/mol. The maximum absolute atomic E-state index is 11.8. The molecular formula is C11H20N2O3. The topological polar surface area (TPSA) is 69.6 Å². The number of piperidine rings is 1. The monoisotopic (exact) mass is 228 g/mol.